The van der Waals surface area contributed by atoms with Crippen LogP contribution >= 0.6 is 23.2 Å². The van der Waals surface area contributed by atoms with Gasteiger partial charge in [-0.15, -0.1) is 0 Å². The average molecular weight is 322 g/mol. The van der Waals surface area contributed by atoms with Crippen LogP contribution in [0.1, 0.15) is 11.1 Å². The number of halogens is 2. The van der Waals surface area contributed by atoms with Crippen LogP contribution in [-0.2, 0) is 6.54 Å². The van der Waals surface area contributed by atoms with E-state index >= 15 is 0 Å². The fourth-order valence-electron chi connectivity index (χ4n) is 1.78. The zero-order chi connectivity index (χ0) is 15.4. The lowest BCUT2D eigenvalue weighted by molar-refractivity contribution is -0.384. The van der Waals surface area contributed by atoms with E-state index in [1.165, 1.54) is 18.2 Å². The van der Waals surface area contributed by atoms with Crippen molar-refractivity contribution in [3.63, 3.8) is 0 Å². The molecule has 0 unspecified atom stereocenters. The van der Waals surface area contributed by atoms with Crippen LogP contribution in [0.4, 0.5) is 11.4 Å². The monoisotopic (exact) mass is 321 g/mol. The number of nitriles is 1. The van der Waals surface area contributed by atoms with Gasteiger partial charge in [-0.25, -0.2) is 0 Å². The molecule has 0 saturated heterocycles. The SMILES string of the molecule is N#Cc1cc([N+](=O)[O-])ccc1NCc1c(Cl)cccc1Cl. The molecule has 2 aromatic rings. The first-order valence-electron chi connectivity index (χ1n) is 5.88. The number of rotatable bonds is 4. The Hall–Kier alpha value is -2.29. The van der Waals surface area contributed by atoms with Crippen molar-refractivity contribution in [2.75, 3.05) is 5.32 Å². The number of benzene rings is 2. The Labute approximate surface area is 130 Å². The quantitative estimate of drug-likeness (QED) is 0.669. The van der Waals surface area contributed by atoms with Crippen molar-refractivity contribution in [2.24, 2.45) is 0 Å². The summed E-state index contributed by atoms with van der Waals surface area (Å²) >= 11 is 12.1. The standard InChI is InChI=1S/C14H9Cl2N3O2/c15-12-2-1-3-13(16)11(12)8-18-14-5-4-10(19(20)21)6-9(14)7-17/h1-6,18H,8H2. The summed E-state index contributed by atoms with van der Waals surface area (Å²) in [5, 5.41) is 23.8. The topological polar surface area (TPSA) is 79.0 Å². The number of nitrogens with zero attached hydrogens (tertiary/aromatic N) is 2. The molecule has 0 fully saturated rings. The summed E-state index contributed by atoms with van der Waals surface area (Å²) in [7, 11) is 0. The maximum Gasteiger partial charge on any atom is 0.270 e. The van der Waals surface area contributed by atoms with Crippen LogP contribution in [-0.4, -0.2) is 4.92 Å². The molecule has 0 aliphatic rings. The fraction of sp³-hybridized carbons (Fsp3) is 0.0714. The van der Waals surface area contributed by atoms with Crippen LogP contribution in [0.5, 0.6) is 0 Å². The predicted molar refractivity (Wildman–Crippen MR) is 81.6 cm³/mol. The number of hydrogen-bond donors (Lipinski definition) is 1. The van der Waals surface area contributed by atoms with Crippen LogP contribution in [0.3, 0.4) is 0 Å². The molecule has 0 aliphatic carbocycles. The Morgan fingerprint density at radius 3 is 2.48 bits per heavy atom. The highest BCUT2D eigenvalue weighted by molar-refractivity contribution is 6.36. The minimum atomic E-state index is -0.546. The Kier molecular flexibility index (Phi) is 4.63. The van der Waals surface area contributed by atoms with Crippen molar-refractivity contribution in [1.29, 1.82) is 5.26 Å². The first-order chi connectivity index (χ1) is 10.0. The van der Waals surface area contributed by atoms with Gasteiger partial charge in [-0.05, 0) is 18.2 Å². The third-order valence-corrected chi connectivity index (χ3v) is 3.56. The molecular formula is C14H9Cl2N3O2. The highest BCUT2D eigenvalue weighted by atomic mass is 35.5. The maximum atomic E-state index is 10.7. The predicted octanol–water partition coefficient (Wildman–Crippen LogP) is 4.39. The van der Waals surface area contributed by atoms with E-state index in [1.807, 2.05) is 6.07 Å². The van der Waals surface area contributed by atoms with Crippen molar-refractivity contribution in [1.82, 2.24) is 0 Å². The van der Waals surface area contributed by atoms with E-state index in [1.54, 1.807) is 18.2 Å². The summed E-state index contributed by atoms with van der Waals surface area (Å²) in [5.41, 5.74) is 1.24. The van der Waals surface area contributed by atoms with Gasteiger partial charge < -0.3 is 5.32 Å². The second-order valence-corrected chi connectivity index (χ2v) is 4.97. The zero-order valence-corrected chi connectivity index (χ0v) is 12.1. The highest BCUT2D eigenvalue weighted by Crippen LogP contribution is 2.27. The third-order valence-electron chi connectivity index (χ3n) is 2.85. The average Bonchev–Trinajstić information content (AvgIpc) is 2.46. The van der Waals surface area contributed by atoms with Crippen LogP contribution in [0.2, 0.25) is 10.0 Å². The molecule has 0 spiro atoms. The van der Waals surface area contributed by atoms with Gasteiger partial charge in [0, 0.05) is 34.3 Å². The second-order valence-electron chi connectivity index (χ2n) is 4.15. The number of nitro groups is 1. The number of hydrogen-bond acceptors (Lipinski definition) is 4. The highest BCUT2D eigenvalue weighted by Gasteiger charge is 2.11. The minimum Gasteiger partial charge on any atom is -0.380 e. The van der Waals surface area contributed by atoms with E-state index < -0.39 is 4.92 Å². The van der Waals surface area contributed by atoms with Gasteiger partial charge in [0.25, 0.3) is 5.69 Å². The van der Waals surface area contributed by atoms with E-state index in [0.29, 0.717) is 27.8 Å². The molecule has 2 rings (SSSR count). The molecule has 0 aromatic heterocycles. The van der Waals surface area contributed by atoms with Crippen molar-refractivity contribution in [3.05, 3.63) is 67.7 Å². The van der Waals surface area contributed by atoms with Gasteiger partial charge in [-0.3, -0.25) is 10.1 Å². The molecule has 106 valence electrons. The number of non-ortho nitro benzene ring substituents is 1. The Bertz CT molecular complexity index is 721. The van der Waals surface area contributed by atoms with Crippen LogP contribution in [0.15, 0.2) is 36.4 Å². The Morgan fingerprint density at radius 1 is 1.24 bits per heavy atom. The number of nitro benzene ring substituents is 1. The van der Waals surface area contributed by atoms with Crippen LogP contribution < -0.4 is 5.32 Å². The van der Waals surface area contributed by atoms with Crippen molar-refractivity contribution in [2.45, 2.75) is 6.54 Å². The van der Waals surface area contributed by atoms with Gasteiger partial charge in [0.15, 0.2) is 0 Å². The molecule has 2 aromatic carbocycles. The first-order valence-corrected chi connectivity index (χ1v) is 6.64. The van der Waals surface area contributed by atoms with E-state index in [2.05, 4.69) is 5.32 Å². The molecule has 7 heteroatoms. The van der Waals surface area contributed by atoms with Gasteiger partial charge in [-0.2, -0.15) is 5.26 Å². The molecule has 0 saturated carbocycles. The lowest BCUT2D eigenvalue weighted by Crippen LogP contribution is -2.03. The third kappa shape index (κ3) is 3.43. The lowest BCUT2D eigenvalue weighted by atomic mass is 10.1. The summed E-state index contributed by atoms with van der Waals surface area (Å²) in [6.07, 6.45) is 0. The first kappa shape index (κ1) is 15.1. The van der Waals surface area contributed by atoms with Crippen LogP contribution in [0.25, 0.3) is 0 Å². The summed E-state index contributed by atoms with van der Waals surface area (Å²) in [5.74, 6) is 0. The van der Waals surface area contributed by atoms with Gasteiger partial charge in [0.1, 0.15) is 6.07 Å². The summed E-state index contributed by atoms with van der Waals surface area (Å²) in [4.78, 5) is 10.1. The normalized spacial score (nSPS) is 9.95. The summed E-state index contributed by atoms with van der Waals surface area (Å²) in [6.45, 7) is 0.311. The largest absolute Gasteiger partial charge is 0.380 e. The Balaban J connectivity index is 2.25. The van der Waals surface area contributed by atoms with Gasteiger partial charge in [0.05, 0.1) is 16.2 Å². The van der Waals surface area contributed by atoms with E-state index in [9.17, 15) is 10.1 Å². The molecule has 21 heavy (non-hydrogen) atoms. The molecule has 1 N–H and O–H groups in total. The van der Waals surface area contributed by atoms with Crippen LogP contribution in [0, 0.1) is 21.4 Å². The van der Waals surface area contributed by atoms with Crippen molar-refractivity contribution in [3.8, 4) is 6.07 Å². The lowest BCUT2D eigenvalue weighted by Gasteiger charge is -2.10. The maximum absolute atomic E-state index is 10.7. The molecule has 0 atom stereocenters. The molecular weight excluding hydrogens is 313 g/mol. The van der Waals surface area contributed by atoms with Gasteiger partial charge >= 0.3 is 0 Å². The fourth-order valence-corrected chi connectivity index (χ4v) is 2.31. The number of anilines is 1. The van der Waals surface area contributed by atoms with Crippen molar-refractivity contribution >= 4 is 34.6 Å². The van der Waals surface area contributed by atoms with E-state index in [4.69, 9.17) is 28.5 Å². The van der Waals surface area contributed by atoms with Gasteiger partial charge in [-0.1, -0.05) is 29.3 Å². The summed E-state index contributed by atoms with van der Waals surface area (Å²) in [6, 6.07) is 11.1. The van der Waals surface area contributed by atoms with Gasteiger partial charge in [0.2, 0.25) is 0 Å². The molecule has 5 nitrogen and oxygen atoms in total. The van der Waals surface area contributed by atoms with Crippen molar-refractivity contribution < 1.29 is 4.92 Å². The molecule has 0 aliphatic heterocycles. The van der Waals surface area contributed by atoms with E-state index in [0.717, 1.165) is 0 Å². The zero-order valence-electron chi connectivity index (χ0n) is 10.6. The molecule has 0 radical (unpaired) electrons. The Morgan fingerprint density at radius 2 is 1.90 bits per heavy atom. The second kappa shape index (κ2) is 6.44. The summed E-state index contributed by atoms with van der Waals surface area (Å²) < 4.78 is 0. The molecule has 0 bridgehead atoms. The molecule has 0 amide bonds. The minimum absolute atomic E-state index is 0.132. The van der Waals surface area contributed by atoms with E-state index in [-0.39, 0.29) is 11.3 Å². The molecule has 0 heterocycles. The smallest absolute Gasteiger partial charge is 0.270 e. The number of nitrogens with one attached hydrogen (secondary N) is 1.